The zero-order valence-electron chi connectivity index (χ0n) is 7.64. The van der Waals surface area contributed by atoms with Gasteiger partial charge in [-0.05, 0) is 31.6 Å². The molecule has 1 saturated heterocycles. The fraction of sp³-hybridized carbons (Fsp3) is 0.900. The van der Waals surface area contributed by atoms with Crippen LogP contribution in [-0.4, -0.2) is 11.6 Å². The van der Waals surface area contributed by atoms with Crippen LogP contribution in [0.25, 0.3) is 0 Å². The molecule has 1 saturated carbocycles. The Kier molecular flexibility index (Phi) is 1.85. The smallest absolute Gasteiger partial charge is 0.306 e. The lowest BCUT2D eigenvalue weighted by Gasteiger charge is -2.35. The number of hydrogen-bond donors (Lipinski definition) is 0. The van der Waals surface area contributed by atoms with E-state index in [9.17, 15) is 4.79 Å². The van der Waals surface area contributed by atoms with Crippen LogP contribution in [0.3, 0.4) is 0 Å². The van der Waals surface area contributed by atoms with E-state index in [1.54, 1.807) is 0 Å². The van der Waals surface area contributed by atoms with Gasteiger partial charge >= 0.3 is 5.97 Å². The predicted molar refractivity (Wildman–Crippen MR) is 45.7 cm³/mol. The number of esters is 1. The van der Waals surface area contributed by atoms with Gasteiger partial charge < -0.3 is 4.74 Å². The highest BCUT2D eigenvalue weighted by molar-refractivity contribution is 5.72. The summed E-state index contributed by atoms with van der Waals surface area (Å²) in [5.41, 5.74) is -0.0330. The summed E-state index contributed by atoms with van der Waals surface area (Å²) in [7, 11) is 0. The average molecular weight is 168 g/mol. The van der Waals surface area contributed by atoms with Crippen LogP contribution in [0.2, 0.25) is 0 Å². The van der Waals surface area contributed by atoms with Crippen molar-refractivity contribution in [3.63, 3.8) is 0 Å². The fourth-order valence-corrected chi connectivity index (χ4v) is 2.61. The second-order valence-electron chi connectivity index (χ2n) is 4.36. The van der Waals surface area contributed by atoms with E-state index in [1.807, 2.05) is 0 Å². The van der Waals surface area contributed by atoms with E-state index in [1.165, 1.54) is 12.8 Å². The summed E-state index contributed by atoms with van der Waals surface area (Å²) in [6.45, 7) is 2.26. The molecule has 68 valence electrons. The molecule has 2 aliphatic rings. The third kappa shape index (κ3) is 1.35. The van der Waals surface area contributed by atoms with Gasteiger partial charge in [0.25, 0.3) is 0 Å². The molecule has 1 aliphatic heterocycles. The zero-order chi connectivity index (χ0) is 8.60. The van der Waals surface area contributed by atoms with Crippen LogP contribution in [0.5, 0.6) is 0 Å². The summed E-state index contributed by atoms with van der Waals surface area (Å²) >= 11 is 0. The van der Waals surface area contributed by atoms with Gasteiger partial charge in [0, 0.05) is 6.42 Å². The van der Waals surface area contributed by atoms with E-state index in [0.717, 1.165) is 25.2 Å². The predicted octanol–water partition coefficient (Wildman–Crippen LogP) is 2.27. The van der Waals surface area contributed by atoms with Gasteiger partial charge in [-0.15, -0.1) is 0 Å². The molecule has 2 rings (SSSR count). The van der Waals surface area contributed by atoms with Crippen LogP contribution in [0.1, 0.15) is 45.4 Å². The Morgan fingerprint density at radius 1 is 1.50 bits per heavy atom. The summed E-state index contributed by atoms with van der Waals surface area (Å²) in [6.07, 6.45) is 6.35. The highest BCUT2D eigenvalue weighted by atomic mass is 16.6. The van der Waals surface area contributed by atoms with Crippen LogP contribution >= 0.6 is 0 Å². The highest BCUT2D eigenvalue weighted by Crippen LogP contribution is 2.41. The summed E-state index contributed by atoms with van der Waals surface area (Å²) in [5, 5.41) is 0. The Hall–Kier alpha value is -0.530. The first-order valence-corrected chi connectivity index (χ1v) is 4.92. The van der Waals surface area contributed by atoms with Crippen molar-refractivity contribution in [2.24, 2.45) is 5.92 Å². The Morgan fingerprint density at radius 3 is 2.92 bits per heavy atom. The lowest BCUT2D eigenvalue weighted by Crippen LogP contribution is -2.34. The van der Waals surface area contributed by atoms with Gasteiger partial charge in [-0.3, -0.25) is 4.79 Å². The number of carbonyl (C=O) groups is 1. The lowest BCUT2D eigenvalue weighted by atomic mass is 9.77. The number of rotatable bonds is 0. The maximum absolute atomic E-state index is 11.0. The van der Waals surface area contributed by atoms with Gasteiger partial charge in [-0.2, -0.15) is 0 Å². The first kappa shape index (κ1) is 8.09. The van der Waals surface area contributed by atoms with Crippen LogP contribution in [0.4, 0.5) is 0 Å². The molecule has 0 aromatic rings. The van der Waals surface area contributed by atoms with Gasteiger partial charge in [-0.1, -0.05) is 13.3 Å². The van der Waals surface area contributed by atoms with Crippen LogP contribution in [0.15, 0.2) is 0 Å². The van der Waals surface area contributed by atoms with E-state index >= 15 is 0 Å². The molecule has 0 radical (unpaired) electrons. The summed E-state index contributed by atoms with van der Waals surface area (Å²) < 4.78 is 5.42. The van der Waals surface area contributed by atoms with Gasteiger partial charge in [0.15, 0.2) is 0 Å². The first-order chi connectivity index (χ1) is 5.70. The summed E-state index contributed by atoms with van der Waals surface area (Å²) in [4.78, 5) is 11.0. The van der Waals surface area contributed by atoms with Crippen molar-refractivity contribution in [1.82, 2.24) is 0 Å². The summed E-state index contributed by atoms with van der Waals surface area (Å²) in [6, 6.07) is 0. The Balaban J connectivity index is 2.05. The van der Waals surface area contributed by atoms with Crippen LogP contribution in [0, 0.1) is 5.92 Å². The molecular weight excluding hydrogens is 152 g/mol. The summed E-state index contributed by atoms with van der Waals surface area (Å²) in [5.74, 6) is 0.758. The van der Waals surface area contributed by atoms with Crippen molar-refractivity contribution < 1.29 is 9.53 Å². The van der Waals surface area contributed by atoms with E-state index in [4.69, 9.17) is 4.74 Å². The van der Waals surface area contributed by atoms with Crippen LogP contribution in [-0.2, 0) is 9.53 Å². The SMILES string of the molecule is CC1CCCC2(CCC(=O)O2)C1. The van der Waals surface area contributed by atoms with E-state index in [0.29, 0.717) is 6.42 Å². The zero-order valence-corrected chi connectivity index (χ0v) is 7.64. The molecule has 2 unspecified atom stereocenters. The lowest BCUT2D eigenvalue weighted by molar-refractivity contribution is -0.151. The van der Waals surface area contributed by atoms with Crippen molar-refractivity contribution in [2.45, 2.75) is 51.0 Å². The molecule has 2 nitrogen and oxygen atoms in total. The second kappa shape index (κ2) is 2.75. The minimum Gasteiger partial charge on any atom is -0.459 e. The minimum atomic E-state index is -0.0330. The topological polar surface area (TPSA) is 26.3 Å². The van der Waals surface area contributed by atoms with Crippen molar-refractivity contribution in [1.29, 1.82) is 0 Å². The van der Waals surface area contributed by atoms with Gasteiger partial charge in [0.05, 0.1) is 0 Å². The third-order valence-electron chi connectivity index (χ3n) is 3.16. The third-order valence-corrected chi connectivity index (χ3v) is 3.16. The molecule has 0 amide bonds. The minimum absolute atomic E-state index is 0.0177. The number of carbonyl (C=O) groups excluding carboxylic acids is 1. The fourth-order valence-electron chi connectivity index (χ4n) is 2.61. The first-order valence-electron chi connectivity index (χ1n) is 4.92. The van der Waals surface area contributed by atoms with Crippen molar-refractivity contribution in [2.75, 3.05) is 0 Å². The average Bonchev–Trinajstić information content (AvgIpc) is 2.32. The monoisotopic (exact) mass is 168 g/mol. The quantitative estimate of drug-likeness (QED) is 0.519. The second-order valence-corrected chi connectivity index (χ2v) is 4.36. The highest BCUT2D eigenvalue weighted by Gasteiger charge is 2.42. The van der Waals surface area contributed by atoms with Gasteiger partial charge in [-0.25, -0.2) is 0 Å². The molecule has 1 heterocycles. The van der Waals surface area contributed by atoms with Crippen LogP contribution < -0.4 is 0 Å². The molecule has 2 fully saturated rings. The molecule has 0 N–H and O–H groups in total. The molecule has 1 spiro atoms. The number of ether oxygens (including phenoxy) is 1. The van der Waals surface area contributed by atoms with Gasteiger partial charge in [0.2, 0.25) is 0 Å². The molecule has 2 atom stereocenters. The molecule has 0 bridgehead atoms. The van der Waals surface area contributed by atoms with E-state index < -0.39 is 0 Å². The molecule has 0 aromatic heterocycles. The standard InChI is InChI=1S/C10H16O2/c1-8-3-2-5-10(7-8)6-4-9(11)12-10/h8H,2-7H2,1H3. The Bertz CT molecular complexity index is 200. The molecule has 12 heavy (non-hydrogen) atoms. The maximum Gasteiger partial charge on any atom is 0.306 e. The van der Waals surface area contributed by atoms with E-state index in [-0.39, 0.29) is 11.6 Å². The van der Waals surface area contributed by atoms with Crippen molar-refractivity contribution in [3.8, 4) is 0 Å². The molecule has 2 heteroatoms. The normalized spacial score (nSPS) is 41.8. The maximum atomic E-state index is 11.0. The molecule has 0 aromatic carbocycles. The van der Waals surface area contributed by atoms with Crippen molar-refractivity contribution >= 4 is 5.97 Å². The molecule has 1 aliphatic carbocycles. The Labute approximate surface area is 73.3 Å². The Morgan fingerprint density at radius 2 is 2.33 bits per heavy atom. The van der Waals surface area contributed by atoms with Crippen molar-refractivity contribution in [3.05, 3.63) is 0 Å². The van der Waals surface area contributed by atoms with Gasteiger partial charge in [0.1, 0.15) is 5.60 Å². The van der Waals surface area contributed by atoms with E-state index in [2.05, 4.69) is 6.92 Å². The number of hydrogen-bond acceptors (Lipinski definition) is 2. The molecular formula is C10H16O2. The largest absolute Gasteiger partial charge is 0.459 e.